The Balaban J connectivity index is 1.42. The van der Waals surface area contributed by atoms with Gasteiger partial charge >= 0.3 is 6.61 Å². The number of rotatable bonds is 7. The van der Waals surface area contributed by atoms with Gasteiger partial charge in [0.25, 0.3) is 0 Å². The van der Waals surface area contributed by atoms with Crippen LogP contribution in [-0.4, -0.2) is 60.9 Å². The van der Waals surface area contributed by atoms with Gasteiger partial charge in [-0.05, 0) is 30.9 Å². The van der Waals surface area contributed by atoms with E-state index in [2.05, 4.69) is 10.1 Å². The van der Waals surface area contributed by atoms with E-state index in [1.165, 1.54) is 31.4 Å². The lowest BCUT2D eigenvalue weighted by Crippen LogP contribution is -2.50. The first-order valence-electron chi connectivity index (χ1n) is 10.3. The fourth-order valence-electron chi connectivity index (χ4n) is 4.08. The van der Waals surface area contributed by atoms with Gasteiger partial charge in [-0.2, -0.15) is 8.78 Å². The third kappa shape index (κ3) is 6.66. The Bertz CT molecular complexity index is 688. The van der Waals surface area contributed by atoms with Crippen molar-refractivity contribution in [2.24, 2.45) is 5.92 Å². The van der Waals surface area contributed by atoms with Crippen LogP contribution in [0.25, 0.3) is 0 Å². The summed E-state index contributed by atoms with van der Waals surface area (Å²) in [4.78, 5) is 28.7. The zero-order valence-electron chi connectivity index (χ0n) is 16.6. The SMILES string of the molecule is O=C(CN1CCN(C(=O)CC2CCCCC2)CC1)Nc1ccccc1OC(F)F. The number of hydrogen-bond donors (Lipinski definition) is 1. The number of nitrogens with zero attached hydrogens (tertiary/aromatic N) is 2. The zero-order chi connectivity index (χ0) is 20.6. The van der Waals surface area contributed by atoms with Crippen molar-refractivity contribution in [3.63, 3.8) is 0 Å². The van der Waals surface area contributed by atoms with Crippen molar-refractivity contribution in [3.8, 4) is 5.75 Å². The summed E-state index contributed by atoms with van der Waals surface area (Å²) >= 11 is 0. The molecule has 1 N–H and O–H groups in total. The minimum Gasteiger partial charge on any atom is -0.433 e. The van der Waals surface area contributed by atoms with E-state index >= 15 is 0 Å². The topological polar surface area (TPSA) is 61.9 Å². The van der Waals surface area contributed by atoms with Crippen LogP contribution < -0.4 is 10.1 Å². The highest BCUT2D eigenvalue weighted by molar-refractivity contribution is 5.93. The molecule has 1 aromatic rings. The highest BCUT2D eigenvalue weighted by Gasteiger charge is 2.25. The van der Waals surface area contributed by atoms with Gasteiger partial charge in [0.15, 0.2) is 0 Å². The van der Waals surface area contributed by atoms with Gasteiger partial charge in [0, 0.05) is 32.6 Å². The van der Waals surface area contributed by atoms with Crippen LogP contribution in [0.1, 0.15) is 38.5 Å². The molecule has 2 fully saturated rings. The summed E-state index contributed by atoms with van der Waals surface area (Å²) in [5, 5.41) is 2.63. The number of carbonyl (C=O) groups excluding carboxylic acids is 2. The molecule has 0 unspecified atom stereocenters. The number of benzene rings is 1. The van der Waals surface area contributed by atoms with Crippen molar-refractivity contribution in [2.45, 2.75) is 45.1 Å². The number of nitrogens with one attached hydrogen (secondary N) is 1. The summed E-state index contributed by atoms with van der Waals surface area (Å²) in [7, 11) is 0. The lowest BCUT2D eigenvalue weighted by Gasteiger charge is -2.35. The van der Waals surface area contributed by atoms with E-state index in [0.29, 0.717) is 38.5 Å². The van der Waals surface area contributed by atoms with Crippen LogP contribution in [0.4, 0.5) is 14.5 Å². The molecule has 1 aliphatic carbocycles. The number of amides is 2. The summed E-state index contributed by atoms with van der Waals surface area (Å²) in [5.74, 6) is 0.390. The maximum Gasteiger partial charge on any atom is 0.387 e. The third-order valence-corrected chi connectivity index (χ3v) is 5.66. The van der Waals surface area contributed by atoms with Crippen molar-refractivity contribution in [2.75, 3.05) is 38.0 Å². The van der Waals surface area contributed by atoms with Gasteiger partial charge in [-0.1, -0.05) is 31.4 Å². The minimum atomic E-state index is -2.95. The van der Waals surface area contributed by atoms with Gasteiger partial charge in [-0.25, -0.2) is 0 Å². The molecule has 1 saturated heterocycles. The predicted octanol–water partition coefficient (Wildman–Crippen LogP) is 3.34. The molecule has 29 heavy (non-hydrogen) atoms. The average molecular weight is 409 g/mol. The summed E-state index contributed by atoms with van der Waals surface area (Å²) < 4.78 is 29.4. The zero-order valence-corrected chi connectivity index (χ0v) is 16.6. The Morgan fingerprint density at radius 1 is 1.07 bits per heavy atom. The molecule has 0 atom stereocenters. The molecule has 1 aromatic carbocycles. The fourth-order valence-corrected chi connectivity index (χ4v) is 4.08. The molecule has 1 heterocycles. The number of halogens is 2. The molecule has 2 amide bonds. The van der Waals surface area contributed by atoms with Crippen LogP contribution >= 0.6 is 0 Å². The highest BCUT2D eigenvalue weighted by Crippen LogP contribution is 2.27. The minimum absolute atomic E-state index is 0.0611. The van der Waals surface area contributed by atoms with Gasteiger partial charge in [0.05, 0.1) is 12.2 Å². The van der Waals surface area contributed by atoms with Gasteiger partial charge in [0.2, 0.25) is 11.8 Å². The molecule has 0 spiro atoms. The second-order valence-electron chi connectivity index (χ2n) is 7.79. The molecule has 0 aromatic heterocycles. The first-order valence-corrected chi connectivity index (χ1v) is 10.3. The number of anilines is 1. The molecular formula is C21H29F2N3O3. The Morgan fingerprint density at radius 3 is 2.45 bits per heavy atom. The van der Waals surface area contributed by atoms with Crippen molar-refractivity contribution >= 4 is 17.5 Å². The van der Waals surface area contributed by atoms with Crippen LogP contribution in [0.15, 0.2) is 24.3 Å². The standard InChI is InChI=1S/C21H29F2N3O3/c22-21(23)29-18-9-5-4-8-17(18)24-19(27)15-25-10-12-26(13-11-25)20(28)14-16-6-2-1-3-7-16/h4-5,8-9,16,21H,1-3,6-7,10-15H2,(H,24,27). The predicted molar refractivity (Wildman–Crippen MR) is 106 cm³/mol. The lowest BCUT2D eigenvalue weighted by molar-refractivity contribution is -0.134. The summed E-state index contributed by atoms with van der Waals surface area (Å²) in [6.45, 7) is -0.327. The number of carbonyl (C=O) groups is 2. The van der Waals surface area contributed by atoms with E-state index in [-0.39, 0.29) is 29.8 Å². The van der Waals surface area contributed by atoms with Crippen molar-refractivity contribution in [1.29, 1.82) is 0 Å². The first-order chi connectivity index (χ1) is 14.0. The molecule has 8 heteroatoms. The van der Waals surface area contributed by atoms with Gasteiger partial charge in [-0.3, -0.25) is 14.5 Å². The largest absolute Gasteiger partial charge is 0.433 e. The van der Waals surface area contributed by atoms with Gasteiger partial charge in [0.1, 0.15) is 5.75 Å². The van der Waals surface area contributed by atoms with Crippen molar-refractivity contribution in [3.05, 3.63) is 24.3 Å². The molecule has 0 bridgehead atoms. The van der Waals surface area contributed by atoms with Crippen molar-refractivity contribution < 1.29 is 23.1 Å². The normalized spacial score (nSPS) is 18.7. The maximum atomic E-state index is 12.5. The second kappa shape index (κ2) is 10.5. The molecule has 6 nitrogen and oxygen atoms in total. The van der Waals surface area contributed by atoms with Crippen LogP contribution in [0.2, 0.25) is 0 Å². The van der Waals surface area contributed by atoms with Gasteiger partial charge in [-0.15, -0.1) is 0 Å². The number of alkyl halides is 2. The fraction of sp³-hybridized carbons (Fsp3) is 0.619. The van der Waals surface area contributed by atoms with Crippen LogP contribution in [0, 0.1) is 5.92 Å². The quantitative estimate of drug-likeness (QED) is 0.750. The Morgan fingerprint density at radius 2 is 1.76 bits per heavy atom. The average Bonchev–Trinajstić information content (AvgIpc) is 2.70. The number of para-hydroxylation sites is 2. The lowest BCUT2D eigenvalue weighted by atomic mass is 9.86. The summed E-state index contributed by atoms with van der Waals surface area (Å²) in [5.41, 5.74) is 0.221. The van der Waals surface area contributed by atoms with Crippen LogP contribution in [0.3, 0.4) is 0 Å². The molecule has 2 aliphatic rings. The van der Waals surface area contributed by atoms with Gasteiger partial charge < -0.3 is 15.0 Å². The highest BCUT2D eigenvalue weighted by atomic mass is 19.3. The number of ether oxygens (including phenoxy) is 1. The number of piperazine rings is 1. The molecule has 0 radical (unpaired) electrons. The third-order valence-electron chi connectivity index (χ3n) is 5.66. The van der Waals surface area contributed by atoms with E-state index in [9.17, 15) is 18.4 Å². The van der Waals surface area contributed by atoms with E-state index in [1.807, 2.05) is 9.80 Å². The van der Waals surface area contributed by atoms with Crippen LogP contribution in [-0.2, 0) is 9.59 Å². The van der Waals surface area contributed by atoms with Crippen molar-refractivity contribution in [1.82, 2.24) is 9.80 Å². The Hall–Kier alpha value is -2.22. The van der Waals surface area contributed by atoms with E-state index < -0.39 is 6.61 Å². The smallest absolute Gasteiger partial charge is 0.387 e. The molecule has 1 saturated carbocycles. The molecule has 3 rings (SSSR count). The van der Waals surface area contributed by atoms with E-state index in [4.69, 9.17) is 0 Å². The second-order valence-corrected chi connectivity index (χ2v) is 7.79. The van der Waals surface area contributed by atoms with E-state index in [0.717, 1.165) is 12.8 Å². The first kappa shape index (κ1) is 21.5. The van der Waals surface area contributed by atoms with E-state index in [1.54, 1.807) is 12.1 Å². The monoisotopic (exact) mass is 409 g/mol. The number of hydrogen-bond acceptors (Lipinski definition) is 4. The Kier molecular flexibility index (Phi) is 7.80. The maximum absolute atomic E-state index is 12.5. The summed E-state index contributed by atoms with van der Waals surface area (Å²) in [6, 6.07) is 6.12. The molecule has 1 aliphatic heterocycles. The molecular weight excluding hydrogens is 380 g/mol. The van der Waals surface area contributed by atoms with Crippen LogP contribution in [0.5, 0.6) is 5.75 Å². The Labute approximate surface area is 170 Å². The molecule has 160 valence electrons. The summed E-state index contributed by atoms with van der Waals surface area (Å²) in [6.07, 6.45) is 6.69.